The number of aryl methyl sites for hydroxylation is 1. The third-order valence-electron chi connectivity index (χ3n) is 3.64. The molecule has 0 radical (unpaired) electrons. The van der Waals surface area contributed by atoms with Gasteiger partial charge in [-0.05, 0) is 36.9 Å². The van der Waals surface area contributed by atoms with Crippen LogP contribution in [0, 0.1) is 0 Å². The monoisotopic (exact) mass is 233 g/mol. The van der Waals surface area contributed by atoms with Crippen molar-refractivity contribution in [1.29, 1.82) is 0 Å². The quantitative estimate of drug-likeness (QED) is 0.789. The predicted octanol–water partition coefficient (Wildman–Crippen LogP) is 3.08. The van der Waals surface area contributed by atoms with Crippen LogP contribution in [0.4, 0.5) is 0 Å². The minimum atomic E-state index is 0.219. The molecule has 0 saturated carbocycles. The van der Waals surface area contributed by atoms with Crippen LogP contribution in [0.3, 0.4) is 0 Å². The lowest BCUT2D eigenvalue weighted by Gasteiger charge is -2.33. The van der Waals surface area contributed by atoms with Crippen LogP contribution < -0.4 is 5.32 Å². The maximum Gasteiger partial charge on any atom is 0.0976 e. The topological polar surface area (TPSA) is 21.3 Å². The van der Waals surface area contributed by atoms with Gasteiger partial charge in [-0.25, -0.2) is 0 Å². The van der Waals surface area contributed by atoms with Gasteiger partial charge in [0.05, 0.1) is 6.10 Å². The standard InChI is InChI=1S/C15H23NO/c1-3-4-11-16-14-10-9-12-7-5-6-8-13(12)15(14)17-2/h5-8,14-16H,3-4,9-11H2,1-2H3. The van der Waals surface area contributed by atoms with Gasteiger partial charge in [0.2, 0.25) is 0 Å². The van der Waals surface area contributed by atoms with Crippen LogP contribution in [0.1, 0.15) is 43.4 Å². The van der Waals surface area contributed by atoms with E-state index in [-0.39, 0.29) is 6.10 Å². The van der Waals surface area contributed by atoms with Crippen molar-refractivity contribution >= 4 is 0 Å². The van der Waals surface area contributed by atoms with Crippen LogP contribution in [-0.2, 0) is 11.2 Å². The first kappa shape index (κ1) is 12.6. The molecule has 2 rings (SSSR count). The van der Waals surface area contributed by atoms with Crippen molar-refractivity contribution in [2.75, 3.05) is 13.7 Å². The first-order valence-corrected chi connectivity index (χ1v) is 6.70. The number of hydrogen-bond donors (Lipinski definition) is 1. The fourth-order valence-corrected chi connectivity index (χ4v) is 2.68. The van der Waals surface area contributed by atoms with E-state index in [2.05, 4.69) is 36.5 Å². The van der Waals surface area contributed by atoms with Gasteiger partial charge in [-0.1, -0.05) is 37.6 Å². The molecule has 1 aliphatic carbocycles. The van der Waals surface area contributed by atoms with Crippen LogP contribution in [0.15, 0.2) is 24.3 Å². The molecule has 2 atom stereocenters. The van der Waals surface area contributed by atoms with Gasteiger partial charge >= 0.3 is 0 Å². The fraction of sp³-hybridized carbons (Fsp3) is 0.600. The zero-order valence-electron chi connectivity index (χ0n) is 10.9. The lowest BCUT2D eigenvalue weighted by Crippen LogP contribution is -2.39. The van der Waals surface area contributed by atoms with Crippen molar-refractivity contribution in [2.45, 2.75) is 44.8 Å². The van der Waals surface area contributed by atoms with E-state index < -0.39 is 0 Å². The molecule has 0 aliphatic heterocycles. The van der Waals surface area contributed by atoms with E-state index in [9.17, 15) is 0 Å². The van der Waals surface area contributed by atoms with E-state index in [0.717, 1.165) is 6.54 Å². The highest BCUT2D eigenvalue weighted by Gasteiger charge is 2.28. The molecule has 0 saturated heterocycles. The number of nitrogens with one attached hydrogen (secondary N) is 1. The van der Waals surface area contributed by atoms with Crippen LogP contribution in [0.2, 0.25) is 0 Å². The third-order valence-corrected chi connectivity index (χ3v) is 3.64. The number of rotatable bonds is 5. The average Bonchev–Trinajstić information content (AvgIpc) is 2.38. The maximum absolute atomic E-state index is 5.70. The summed E-state index contributed by atoms with van der Waals surface area (Å²) in [4.78, 5) is 0. The van der Waals surface area contributed by atoms with Crippen molar-refractivity contribution in [3.05, 3.63) is 35.4 Å². The van der Waals surface area contributed by atoms with E-state index >= 15 is 0 Å². The highest BCUT2D eigenvalue weighted by molar-refractivity contribution is 5.32. The number of ether oxygens (including phenoxy) is 1. The lowest BCUT2D eigenvalue weighted by molar-refractivity contribution is 0.0585. The van der Waals surface area contributed by atoms with Crippen molar-refractivity contribution in [2.24, 2.45) is 0 Å². The summed E-state index contributed by atoms with van der Waals surface area (Å²) in [5, 5.41) is 3.64. The summed E-state index contributed by atoms with van der Waals surface area (Å²) in [5.74, 6) is 0. The molecule has 17 heavy (non-hydrogen) atoms. The molecule has 1 aromatic carbocycles. The molecule has 1 N–H and O–H groups in total. The molecular formula is C15H23NO. The normalized spacial score (nSPS) is 23.4. The Bertz CT molecular complexity index is 351. The van der Waals surface area contributed by atoms with Gasteiger partial charge in [0, 0.05) is 13.2 Å². The summed E-state index contributed by atoms with van der Waals surface area (Å²) in [6.07, 6.45) is 5.05. The van der Waals surface area contributed by atoms with Crippen LogP contribution in [0.5, 0.6) is 0 Å². The second-order valence-electron chi connectivity index (χ2n) is 4.81. The van der Waals surface area contributed by atoms with Crippen LogP contribution >= 0.6 is 0 Å². The van der Waals surface area contributed by atoms with Gasteiger partial charge in [-0.3, -0.25) is 0 Å². The van der Waals surface area contributed by atoms with Crippen molar-refractivity contribution in [1.82, 2.24) is 5.32 Å². The van der Waals surface area contributed by atoms with Crippen LogP contribution in [0.25, 0.3) is 0 Å². The zero-order chi connectivity index (χ0) is 12.1. The first-order chi connectivity index (χ1) is 8.36. The molecule has 0 spiro atoms. The highest BCUT2D eigenvalue weighted by atomic mass is 16.5. The Labute approximate surface area is 104 Å². The summed E-state index contributed by atoms with van der Waals surface area (Å²) in [5.41, 5.74) is 2.82. The number of fused-ring (bicyclic) bond motifs is 1. The van der Waals surface area contributed by atoms with Gasteiger partial charge < -0.3 is 10.1 Å². The summed E-state index contributed by atoms with van der Waals surface area (Å²) < 4.78 is 5.70. The minimum Gasteiger partial charge on any atom is -0.375 e. The van der Waals surface area contributed by atoms with Crippen LogP contribution in [-0.4, -0.2) is 19.7 Å². The largest absolute Gasteiger partial charge is 0.375 e. The molecule has 0 bridgehead atoms. The molecule has 0 heterocycles. The van der Waals surface area contributed by atoms with E-state index in [1.807, 2.05) is 7.11 Å². The Morgan fingerprint density at radius 1 is 1.35 bits per heavy atom. The number of unbranched alkanes of at least 4 members (excludes halogenated alkanes) is 1. The highest BCUT2D eigenvalue weighted by Crippen LogP contribution is 2.32. The third kappa shape index (κ3) is 2.88. The Kier molecular flexibility index (Phi) is 4.57. The second kappa shape index (κ2) is 6.18. The summed E-state index contributed by atoms with van der Waals surface area (Å²) >= 11 is 0. The van der Waals surface area contributed by atoms with Crippen molar-refractivity contribution < 1.29 is 4.74 Å². The Hall–Kier alpha value is -0.860. The SMILES string of the molecule is CCCCNC1CCc2ccccc2C1OC. The van der Waals surface area contributed by atoms with E-state index in [0.29, 0.717) is 6.04 Å². The van der Waals surface area contributed by atoms with Gasteiger partial charge in [0.25, 0.3) is 0 Å². The number of hydrogen-bond acceptors (Lipinski definition) is 2. The molecule has 2 nitrogen and oxygen atoms in total. The smallest absolute Gasteiger partial charge is 0.0976 e. The molecule has 0 fully saturated rings. The van der Waals surface area contributed by atoms with E-state index in [4.69, 9.17) is 4.74 Å². The Morgan fingerprint density at radius 2 is 2.18 bits per heavy atom. The van der Waals surface area contributed by atoms with Gasteiger partial charge in [0.15, 0.2) is 0 Å². The Morgan fingerprint density at radius 3 is 2.94 bits per heavy atom. The number of methoxy groups -OCH3 is 1. The van der Waals surface area contributed by atoms with Gasteiger partial charge in [0.1, 0.15) is 0 Å². The summed E-state index contributed by atoms with van der Waals surface area (Å²) in [6.45, 7) is 3.33. The van der Waals surface area contributed by atoms with Crippen molar-refractivity contribution in [3.8, 4) is 0 Å². The van der Waals surface area contributed by atoms with E-state index in [1.54, 1.807) is 0 Å². The molecule has 2 heteroatoms. The number of benzene rings is 1. The van der Waals surface area contributed by atoms with Gasteiger partial charge in [-0.15, -0.1) is 0 Å². The second-order valence-corrected chi connectivity index (χ2v) is 4.81. The van der Waals surface area contributed by atoms with Gasteiger partial charge in [-0.2, -0.15) is 0 Å². The summed E-state index contributed by atoms with van der Waals surface area (Å²) in [7, 11) is 1.82. The minimum absolute atomic E-state index is 0.219. The molecule has 1 aliphatic rings. The first-order valence-electron chi connectivity index (χ1n) is 6.70. The Balaban J connectivity index is 2.06. The fourth-order valence-electron chi connectivity index (χ4n) is 2.68. The predicted molar refractivity (Wildman–Crippen MR) is 71.2 cm³/mol. The summed E-state index contributed by atoms with van der Waals surface area (Å²) in [6, 6.07) is 9.14. The molecule has 1 aromatic rings. The molecule has 2 unspecified atom stereocenters. The molecule has 0 amide bonds. The molecule has 94 valence electrons. The zero-order valence-corrected chi connectivity index (χ0v) is 10.9. The van der Waals surface area contributed by atoms with Crippen molar-refractivity contribution in [3.63, 3.8) is 0 Å². The maximum atomic E-state index is 5.70. The molecular weight excluding hydrogens is 210 g/mol. The lowest BCUT2D eigenvalue weighted by atomic mass is 9.85. The van der Waals surface area contributed by atoms with E-state index in [1.165, 1.54) is 36.8 Å². The average molecular weight is 233 g/mol. The molecule has 0 aromatic heterocycles.